The largest absolute Gasteiger partial charge is 0.478 e. The summed E-state index contributed by atoms with van der Waals surface area (Å²) in [6, 6.07) is 6.22. The summed E-state index contributed by atoms with van der Waals surface area (Å²) in [5, 5.41) is 8.77. The molecule has 0 aromatic heterocycles. The number of hydrogen-bond acceptors (Lipinski definition) is 4. The minimum absolute atomic E-state index is 0.204. The molecule has 0 aliphatic carbocycles. The molecular formula is C13H17O5P. The maximum Gasteiger partial charge on any atom is 0.354 e. The molecule has 0 heterocycles. The van der Waals surface area contributed by atoms with Gasteiger partial charge in [0.15, 0.2) is 0 Å². The van der Waals surface area contributed by atoms with E-state index in [0.717, 1.165) is 5.56 Å². The van der Waals surface area contributed by atoms with E-state index in [9.17, 15) is 9.36 Å². The summed E-state index contributed by atoms with van der Waals surface area (Å²) >= 11 is 0. The smallest absolute Gasteiger partial charge is 0.354 e. The second-order valence-electron chi connectivity index (χ2n) is 3.62. The van der Waals surface area contributed by atoms with E-state index in [1.54, 1.807) is 32.1 Å². The van der Waals surface area contributed by atoms with Crippen molar-refractivity contribution in [3.05, 3.63) is 41.2 Å². The highest BCUT2D eigenvalue weighted by Gasteiger charge is 2.18. The van der Waals surface area contributed by atoms with E-state index in [0.29, 0.717) is 13.2 Å². The fraction of sp³-hybridized carbons (Fsp3) is 0.308. The normalized spacial score (nSPS) is 11.9. The molecule has 5 nitrogen and oxygen atoms in total. The van der Waals surface area contributed by atoms with Crippen LogP contribution < -0.4 is 0 Å². The van der Waals surface area contributed by atoms with Crippen LogP contribution in [0.25, 0.3) is 6.08 Å². The molecule has 1 aromatic carbocycles. The maximum absolute atomic E-state index is 12.1. The third-order valence-electron chi connectivity index (χ3n) is 2.23. The van der Waals surface area contributed by atoms with Gasteiger partial charge in [-0.2, -0.15) is 0 Å². The Hall–Kier alpha value is -1.42. The number of carboxylic acid groups (broad SMARTS) is 1. The van der Waals surface area contributed by atoms with Gasteiger partial charge in [0.05, 0.1) is 18.8 Å². The Morgan fingerprint density at radius 3 is 2.16 bits per heavy atom. The molecular weight excluding hydrogens is 267 g/mol. The molecule has 0 aliphatic heterocycles. The molecule has 0 unspecified atom stereocenters. The summed E-state index contributed by atoms with van der Waals surface area (Å²) in [5.74, 6) is 0.403. The summed E-state index contributed by atoms with van der Waals surface area (Å²) in [6.45, 7) is 4.06. The van der Waals surface area contributed by atoms with Gasteiger partial charge in [0.25, 0.3) is 0 Å². The van der Waals surface area contributed by atoms with Crippen LogP contribution >= 0.6 is 7.60 Å². The fourth-order valence-electron chi connectivity index (χ4n) is 1.40. The van der Waals surface area contributed by atoms with E-state index in [1.165, 1.54) is 17.9 Å². The van der Waals surface area contributed by atoms with Crippen molar-refractivity contribution in [1.82, 2.24) is 0 Å². The summed E-state index contributed by atoms with van der Waals surface area (Å²) in [4.78, 5) is 10.7. The van der Waals surface area contributed by atoms with Crippen molar-refractivity contribution in [2.24, 2.45) is 0 Å². The van der Waals surface area contributed by atoms with Crippen LogP contribution in [0.5, 0.6) is 0 Å². The van der Waals surface area contributed by atoms with E-state index in [2.05, 4.69) is 0 Å². The Bertz CT molecular complexity index is 482. The molecule has 0 bridgehead atoms. The van der Waals surface area contributed by atoms with Crippen molar-refractivity contribution < 1.29 is 23.5 Å². The molecule has 1 rings (SSSR count). The van der Waals surface area contributed by atoms with Crippen molar-refractivity contribution in [2.75, 3.05) is 13.2 Å². The van der Waals surface area contributed by atoms with Gasteiger partial charge < -0.3 is 14.2 Å². The van der Waals surface area contributed by atoms with Crippen LogP contribution in [0.15, 0.2) is 30.1 Å². The van der Waals surface area contributed by atoms with E-state index in [-0.39, 0.29) is 5.56 Å². The van der Waals surface area contributed by atoms with Gasteiger partial charge in [-0.15, -0.1) is 0 Å². The zero-order valence-electron chi connectivity index (χ0n) is 10.9. The van der Waals surface area contributed by atoms with Crippen LogP contribution in [0.2, 0.25) is 0 Å². The molecule has 19 heavy (non-hydrogen) atoms. The van der Waals surface area contributed by atoms with Gasteiger partial charge >= 0.3 is 13.6 Å². The summed E-state index contributed by atoms with van der Waals surface area (Å²) in [5.41, 5.74) is 0.930. The third kappa shape index (κ3) is 4.99. The van der Waals surface area contributed by atoms with Crippen molar-refractivity contribution in [2.45, 2.75) is 13.8 Å². The Labute approximate surface area is 112 Å². The van der Waals surface area contributed by atoms with Gasteiger partial charge in [-0.1, -0.05) is 12.1 Å². The number of carbonyl (C=O) groups is 1. The topological polar surface area (TPSA) is 72.8 Å². The SMILES string of the molecule is CCOP(=O)(C=Cc1ccc(C(=O)O)cc1)OCC. The molecule has 1 N–H and O–H groups in total. The lowest BCUT2D eigenvalue weighted by molar-refractivity contribution is 0.0697. The molecule has 0 aliphatic rings. The highest BCUT2D eigenvalue weighted by Crippen LogP contribution is 2.50. The minimum atomic E-state index is -3.21. The first-order valence-corrected chi connectivity index (χ1v) is 7.53. The van der Waals surface area contributed by atoms with Crippen LogP contribution in [-0.4, -0.2) is 24.3 Å². The first-order valence-electron chi connectivity index (χ1n) is 5.92. The average molecular weight is 284 g/mol. The second kappa shape index (κ2) is 7.24. The molecule has 1 aromatic rings. The molecule has 0 spiro atoms. The maximum atomic E-state index is 12.1. The Morgan fingerprint density at radius 1 is 1.21 bits per heavy atom. The quantitative estimate of drug-likeness (QED) is 0.774. The van der Waals surface area contributed by atoms with Gasteiger partial charge in [-0.25, -0.2) is 4.79 Å². The minimum Gasteiger partial charge on any atom is -0.478 e. The standard InChI is InChI=1S/C13H17O5P/c1-3-17-19(16,18-4-2)10-9-11-5-7-12(8-6-11)13(14)15/h5-10H,3-4H2,1-2H3,(H,14,15). The van der Waals surface area contributed by atoms with E-state index in [1.807, 2.05) is 0 Å². The molecule has 0 atom stereocenters. The van der Waals surface area contributed by atoms with Gasteiger partial charge in [0, 0.05) is 5.82 Å². The van der Waals surface area contributed by atoms with Gasteiger partial charge in [-0.3, -0.25) is 4.57 Å². The number of benzene rings is 1. The number of aromatic carboxylic acids is 1. The predicted molar refractivity (Wildman–Crippen MR) is 73.3 cm³/mol. The molecule has 0 saturated heterocycles. The Kier molecular flexibility index (Phi) is 5.96. The van der Waals surface area contributed by atoms with Crippen LogP contribution in [-0.2, 0) is 13.6 Å². The van der Waals surface area contributed by atoms with Crippen LogP contribution in [0, 0.1) is 0 Å². The average Bonchev–Trinajstić information content (AvgIpc) is 2.37. The number of rotatable bonds is 7. The fourth-order valence-corrected chi connectivity index (χ4v) is 2.72. The highest BCUT2D eigenvalue weighted by atomic mass is 31.2. The second-order valence-corrected chi connectivity index (χ2v) is 5.51. The first-order chi connectivity index (χ1) is 9.00. The van der Waals surface area contributed by atoms with E-state index < -0.39 is 13.6 Å². The van der Waals surface area contributed by atoms with Crippen LogP contribution in [0.1, 0.15) is 29.8 Å². The summed E-state index contributed by atoms with van der Waals surface area (Å²) in [6.07, 6.45) is 1.59. The van der Waals surface area contributed by atoms with Crippen molar-refractivity contribution in [1.29, 1.82) is 0 Å². The van der Waals surface area contributed by atoms with Crippen molar-refractivity contribution >= 4 is 19.6 Å². The molecule has 0 fully saturated rings. The van der Waals surface area contributed by atoms with Crippen LogP contribution in [0.3, 0.4) is 0 Å². The van der Waals surface area contributed by atoms with Crippen molar-refractivity contribution in [3.63, 3.8) is 0 Å². The van der Waals surface area contributed by atoms with E-state index in [4.69, 9.17) is 14.2 Å². The van der Waals surface area contributed by atoms with Gasteiger partial charge in [-0.05, 0) is 37.6 Å². The van der Waals surface area contributed by atoms with Crippen molar-refractivity contribution in [3.8, 4) is 0 Å². The summed E-state index contributed by atoms with van der Waals surface area (Å²) in [7, 11) is -3.21. The van der Waals surface area contributed by atoms with Gasteiger partial charge in [0.1, 0.15) is 0 Å². The van der Waals surface area contributed by atoms with Crippen LogP contribution in [0.4, 0.5) is 0 Å². The first kappa shape index (κ1) is 15.6. The molecule has 0 saturated carbocycles. The summed E-state index contributed by atoms with van der Waals surface area (Å²) < 4.78 is 22.3. The number of carboxylic acids is 1. The lowest BCUT2D eigenvalue weighted by atomic mass is 10.1. The monoisotopic (exact) mass is 284 g/mol. The lowest BCUT2D eigenvalue weighted by Gasteiger charge is -2.12. The highest BCUT2D eigenvalue weighted by molar-refractivity contribution is 7.57. The molecule has 104 valence electrons. The zero-order valence-corrected chi connectivity index (χ0v) is 11.8. The van der Waals surface area contributed by atoms with Gasteiger partial charge in [0.2, 0.25) is 0 Å². The molecule has 6 heteroatoms. The lowest BCUT2D eigenvalue weighted by Crippen LogP contribution is -1.95. The Balaban J connectivity index is 2.84. The number of hydrogen-bond donors (Lipinski definition) is 1. The molecule has 0 amide bonds. The third-order valence-corrected chi connectivity index (χ3v) is 3.98. The molecule has 0 radical (unpaired) electrons. The Morgan fingerprint density at radius 2 is 1.74 bits per heavy atom. The predicted octanol–water partition coefficient (Wildman–Crippen LogP) is 3.62. The zero-order chi connectivity index (χ0) is 14.3. The van der Waals surface area contributed by atoms with E-state index >= 15 is 0 Å².